The van der Waals surface area contributed by atoms with E-state index in [-0.39, 0.29) is 36.0 Å². The van der Waals surface area contributed by atoms with Crippen LogP contribution in [0.4, 0.5) is 22.7 Å². The summed E-state index contributed by atoms with van der Waals surface area (Å²) in [5.74, 6) is -0.455. The monoisotopic (exact) mass is 538 g/mol. The van der Waals surface area contributed by atoms with Gasteiger partial charge in [-0.05, 0) is 71.5 Å². The minimum Gasteiger partial charge on any atom is -0.326 e. The first-order valence-electron chi connectivity index (χ1n) is 12.4. The molecule has 40 heavy (non-hydrogen) atoms. The summed E-state index contributed by atoms with van der Waals surface area (Å²) in [6, 6.07) is 23.1. The average Bonchev–Trinajstić information content (AvgIpc) is 2.91. The zero-order valence-corrected chi connectivity index (χ0v) is 21.8. The van der Waals surface area contributed by atoms with E-state index in [1.807, 2.05) is 50.2 Å². The summed E-state index contributed by atoms with van der Waals surface area (Å²) >= 11 is 0. The number of non-ortho nitro benzene ring substituents is 2. The average molecular weight is 539 g/mol. The van der Waals surface area contributed by atoms with Crippen molar-refractivity contribution in [3.05, 3.63) is 127 Å². The Morgan fingerprint density at radius 1 is 0.600 bits per heavy atom. The molecular formula is C30H26N4O6. The molecule has 0 saturated carbocycles. The molecule has 0 aliphatic carbocycles. The molecule has 2 amide bonds. The third kappa shape index (κ3) is 6.93. The van der Waals surface area contributed by atoms with Gasteiger partial charge >= 0.3 is 0 Å². The summed E-state index contributed by atoms with van der Waals surface area (Å²) in [5.41, 5.74) is 6.26. The van der Waals surface area contributed by atoms with Crippen LogP contribution in [0.1, 0.15) is 22.3 Å². The van der Waals surface area contributed by atoms with Gasteiger partial charge in [0, 0.05) is 35.6 Å². The molecular weight excluding hydrogens is 512 g/mol. The number of carbonyl (C=O) groups excluding carboxylic acids is 2. The van der Waals surface area contributed by atoms with E-state index in [2.05, 4.69) is 10.6 Å². The Morgan fingerprint density at radius 2 is 0.950 bits per heavy atom. The van der Waals surface area contributed by atoms with Crippen molar-refractivity contribution in [1.29, 1.82) is 0 Å². The highest BCUT2D eigenvalue weighted by Crippen LogP contribution is 2.28. The van der Waals surface area contributed by atoms with E-state index in [1.54, 1.807) is 24.3 Å². The first-order chi connectivity index (χ1) is 19.1. The van der Waals surface area contributed by atoms with Gasteiger partial charge in [-0.2, -0.15) is 0 Å². The van der Waals surface area contributed by atoms with Crippen LogP contribution in [0.5, 0.6) is 0 Å². The molecule has 0 aliphatic heterocycles. The van der Waals surface area contributed by atoms with Gasteiger partial charge in [0.1, 0.15) is 0 Å². The summed E-state index contributed by atoms with van der Waals surface area (Å²) in [6.07, 6.45) is 0.186. The lowest BCUT2D eigenvalue weighted by Gasteiger charge is -2.13. The summed E-state index contributed by atoms with van der Waals surface area (Å²) in [5, 5.41) is 27.4. The Bertz CT molecular complexity index is 1480. The molecule has 0 atom stereocenters. The fourth-order valence-electron chi connectivity index (χ4n) is 4.20. The highest BCUT2D eigenvalue weighted by Gasteiger charge is 2.12. The second-order valence-electron chi connectivity index (χ2n) is 9.36. The number of nitro groups is 2. The Kier molecular flexibility index (Phi) is 8.29. The van der Waals surface area contributed by atoms with Crippen LogP contribution in [0.25, 0.3) is 11.1 Å². The van der Waals surface area contributed by atoms with Crippen molar-refractivity contribution in [3.8, 4) is 11.1 Å². The number of anilines is 2. The molecule has 10 heteroatoms. The fraction of sp³-hybridized carbons (Fsp3) is 0.133. The number of nitrogens with one attached hydrogen (secondary N) is 2. The van der Waals surface area contributed by atoms with Crippen LogP contribution in [0.3, 0.4) is 0 Å². The Labute approximate surface area is 230 Å². The molecule has 4 aromatic carbocycles. The number of benzene rings is 4. The van der Waals surface area contributed by atoms with Crippen LogP contribution in [0, 0.1) is 34.1 Å². The molecule has 0 radical (unpaired) electrons. The molecule has 0 saturated heterocycles. The van der Waals surface area contributed by atoms with E-state index in [1.165, 1.54) is 24.3 Å². The number of rotatable bonds is 9. The van der Waals surface area contributed by atoms with Crippen molar-refractivity contribution < 1.29 is 19.4 Å². The topological polar surface area (TPSA) is 144 Å². The smallest absolute Gasteiger partial charge is 0.269 e. The minimum absolute atomic E-state index is 0.0245. The second-order valence-corrected chi connectivity index (χ2v) is 9.36. The predicted octanol–water partition coefficient (Wildman–Crippen LogP) is 6.15. The van der Waals surface area contributed by atoms with Crippen LogP contribution in [-0.2, 0) is 22.4 Å². The van der Waals surface area contributed by atoms with Crippen molar-refractivity contribution in [1.82, 2.24) is 0 Å². The van der Waals surface area contributed by atoms with E-state index in [0.717, 1.165) is 22.3 Å². The molecule has 0 aromatic heterocycles. The van der Waals surface area contributed by atoms with E-state index in [9.17, 15) is 29.8 Å². The summed E-state index contributed by atoms with van der Waals surface area (Å²) in [4.78, 5) is 45.7. The number of amides is 2. The van der Waals surface area contributed by atoms with Crippen molar-refractivity contribution in [2.24, 2.45) is 0 Å². The van der Waals surface area contributed by atoms with E-state index >= 15 is 0 Å². The number of carbonyl (C=O) groups is 2. The van der Waals surface area contributed by atoms with Crippen LogP contribution < -0.4 is 10.6 Å². The van der Waals surface area contributed by atoms with Gasteiger partial charge in [-0.25, -0.2) is 0 Å². The fourth-order valence-corrected chi connectivity index (χ4v) is 4.20. The van der Waals surface area contributed by atoms with Crippen LogP contribution in [0.15, 0.2) is 84.9 Å². The minimum atomic E-state index is -0.482. The van der Waals surface area contributed by atoms with E-state index < -0.39 is 9.85 Å². The molecule has 4 aromatic rings. The number of hydrogen-bond acceptors (Lipinski definition) is 6. The Hall–Kier alpha value is -5.38. The molecule has 0 heterocycles. The van der Waals surface area contributed by atoms with Gasteiger partial charge in [-0.15, -0.1) is 0 Å². The summed E-state index contributed by atoms with van der Waals surface area (Å²) < 4.78 is 0. The lowest BCUT2D eigenvalue weighted by atomic mass is 9.99. The molecule has 202 valence electrons. The number of aryl methyl sites for hydroxylation is 2. The normalized spacial score (nSPS) is 10.6. The SMILES string of the molecule is Cc1cc(-c2ccc(NC(=O)Cc3ccc([N+](=O)[O-])cc3)c(C)c2)ccc1NC(=O)Cc1ccc([N+](=O)[O-])cc1. The van der Waals surface area contributed by atoms with Gasteiger partial charge in [-0.3, -0.25) is 29.8 Å². The zero-order chi connectivity index (χ0) is 28.8. The molecule has 10 nitrogen and oxygen atoms in total. The standard InChI is InChI=1S/C30H26N4O6/c1-19-15-23(7-13-27(19)31-29(35)17-21-3-9-25(10-4-21)33(37)38)24-8-14-28(20(2)16-24)32-30(36)18-22-5-11-26(12-6-22)34(39)40/h3-16H,17-18H2,1-2H3,(H,31,35)(H,32,36). The molecule has 2 N–H and O–H groups in total. The second kappa shape index (κ2) is 12.0. The molecule has 0 bridgehead atoms. The summed E-state index contributed by atoms with van der Waals surface area (Å²) in [6.45, 7) is 3.79. The van der Waals surface area contributed by atoms with Gasteiger partial charge < -0.3 is 10.6 Å². The maximum absolute atomic E-state index is 12.5. The quantitative estimate of drug-likeness (QED) is 0.193. The first-order valence-corrected chi connectivity index (χ1v) is 12.4. The highest BCUT2D eigenvalue weighted by atomic mass is 16.6. The highest BCUT2D eigenvalue weighted by molar-refractivity contribution is 5.94. The Morgan fingerprint density at radius 3 is 1.25 bits per heavy atom. The van der Waals surface area contributed by atoms with Gasteiger partial charge in [0.25, 0.3) is 11.4 Å². The lowest BCUT2D eigenvalue weighted by Crippen LogP contribution is -2.15. The number of nitro benzene ring substituents is 2. The number of nitrogens with zero attached hydrogens (tertiary/aromatic N) is 2. The third-order valence-corrected chi connectivity index (χ3v) is 6.36. The van der Waals surface area contributed by atoms with Crippen molar-refractivity contribution in [2.45, 2.75) is 26.7 Å². The van der Waals surface area contributed by atoms with Crippen molar-refractivity contribution >= 4 is 34.6 Å². The molecule has 4 rings (SSSR count). The van der Waals surface area contributed by atoms with Gasteiger partial charge in [-0.1, -0.05) is 36.4 Å². The first kappa shape index (κ1) is 27.6. The van der Waals surface area contributed by atoms with Crippen LogP contribution >= 0.6 is 0 Å². The van der Waals surface area contributed by atoms with Crippen LogP contribution in [-0.4, -0.2) is 21.7 Å². The predicted molar refractivity (Wildman–Crippen MR) is 152 cm³/mol. The van der Waals surface area contributed by atoms with Crippen LogP contribution in [0.2, 0.25) is 0 Å². The summed E-state index contributed by atoms with van der Waals surface area (Å²) in [7, 11) is 0. The lowest BCUT2D eigenvalue weighted by molar-refractivity contribution is -0.385. The maximum atomic E-state index is 12.5. The molecule has 0 unspecified atom stereocenters. The third-order valence-electron chi connectivity index (χ3n) is 6.36. The van der Waals surface area contributed by atoms with Gasteiger partial charge in [0.15, 0.2) is 0 Å². The van der Waals surface area contributed by atoms with Crippen molar-refractivity contribution in [2.75, 3.05) is 10.6 Å². The van der Waals surface area contributed by atoms with E-state index in [4.69, 9.17) is 0 Å². The zero-order valence-electron chi connectivity index (χ0n) is 21.8. The van der Waals surface area contributed by atoms with Gasteiger partial charge in [0.2, 0.25) is 11.8 Å². The molecule has 0 aliphatic rings. The molecule has 0 fully saturated rings. The molecule has 0 spiro atoms. The Balaban J connectivity index is 1.38. The maximum Gasteiger partial charge on any atom is 0.269 e. The number of hydrogen-bond donors (Lipinski definition) is 2. The van der Waals surface area contributed by atoms with E-state index in [0.29, 0.717) is 22.5 Å². The van der Waals surface area contributed by atoms with Crippen molar-refractivity contribution in [3.63, 3.8) is 0 Å². The largest absolute Gasteiger partial charge is 0.326 e. The van der Waals surface area contributed by atoms with Gasteiger partial charge in [0.05, 0.1) is 22.7 Å².